The Morgan fingerprint density at radius 2 is 2.15 bits per heavy atom. The lowest BCUT2D eigenvalue weighted by Gasteiger charge is -2.35. The van der Waals surface area contributed by atoms with Crippen LogP contribution in [-0.2, 0) is 9.53 Å². The van der Waals surface area contributed by atoms with Crippen LogP contribution in [0.4, 0.5) is 5.69 Å². The Morgan fingerprint density at radius 1 is 1.45 bits per heavy atom. The molecule has 2 N–H and O–H groups in total. The smallest absolute Gasteiger partial charge is 0.233 e. The number of hydrogen-bond donors (Lipinski definition) is 2. The molecule has 1 fully saturated rings. The van der Waals surface area contributed by atoms with Crippen molar-refractivity contribution < 1.29 is 9.53 Å². The van der Waals surface area contributed by atoms with Gasteiger partial charge in [-0.2, -0.15) is 0 Å². The highest BCUT2D eigenvalue weighted by atomic mass is 35.5. The Labute approximate surface area is 124 Å². The molecule has 1 heterocycles. The number of carbonyl (C=O) groups is 1. The minimum absolute atomic E-state index is 0.0336. The second kappa shape index (κ2) is 6.57. The molecule has 20 heavy (non-hydrogen) atoms. The van der Waals surface area contributed by atoms with Gasteiger partial charge in [0.05, 0.1) is 12.0 Å². The maximum absolute atomic E-state index is 12.7. The first-order valence-electron chi connectivity index (χ1n) is 6.85. The van der Waals surface area contributed by atoms with Crippen molar-refractivity contribution in [3.8, 4) is 0 Å². The number of halogens is 1. The van der Waals surface area contributed by atoms with Crippen molar-refractivity contribution in [2.45, 2.75) is 19.8 Å². The molecule has 4 nitrogen and oxygen atoms in total. The van der Waals surface area contributed by atoms with Crippen LogP contribution in [0, 0.1) is 12.3 Å². The number of carbonyl (C=O) groups excluding carboxylic acids is 1. The number of nitrogens with one attached hydrogen (secondary N) is 2. The first kappa shape index (κ1) is 15.3. The molecule has 110 valence electrons. The zero-order chi connectivity index (χ0) is 14.6. The Kier molecular flexibility index (Phi) is 5.02. The van der Waals surface area contributed by atoms with Crippen molar-refractivity contribution in [3.63, 3.8) is 0 Å². The number of aryl methyl sites for hydroxylation is 1. The van der Waals surface area contributed by atoms with E-state index in [0.717, 1.165) is 37.2 Å². The van der Waals surface area contributed by atoms with Gasteiger partial charge in [0.15, 0.2) is 0 Å². The average molecular weight is 297 g/mol. The minimum atomic E-state index is -0.438. The van der Waals surface area contributed by atoms with Crippen LogP contribution in [0.15, 0.2) is 18.2 Å². The van der Waals surface area contributed by atoms with E-state index in [1.165, 1.54) is 0 Å². The molecule has 0 spiro atoms. The van der Waals surface area contributed by atoms with E-state index in [9.17, 15) is 4.79 Å². The van der Waals surface area contributed by atoms with Gasteiger partial charge in [0, 0.05) is 17.8 Å². The number of hydrogen-bond acceptors (Lipinski definition) is 3. The van der Waals surface area contributed by atoms with Crippen LogP contribution in [-0.4, -0.2) is 32.7 Å². The molecule has 0 atom stereocenters. The molecule has 1 aliphatic heterocycles. The van der Waals surface area contributed by atoms with E-state index in [-0.39, 0.29) is 5.91 Å². The summed E-state index contributed by atoms with van der Waals surface area (Å²) in [7, 11) is 1.64. The second-order valence-electron chi connectivity index (χ2n) is 5.38. The Balaban J connectivity index is 2.15. The molecular formula is C15H21ClN2O2. The fraction of sp³-hybridized carbons (Fsp3) is 0.533. The van der Waals surface area contributed by atoms with Crippen molar-refractivity contribution in [1.29, 1.82) is 0 Å². The number of methoxy groups -OCH3 is 1. The van der Waals surface area contributed by atoms with Gasteiger partial charge < -0.3 is 15.4 Å². The van der Waals surface area contributed by atoms with E-state index in [1.54, 1.807) is 13.2 Å². The number of ether oxygens (including phenoxy) is 1. The van der Waals surface area contributed by atoms with E-state index >= 15 is 0 Å². The van der Waals surface area contributed by atoms with Crippen molar-refractivity contribution >= 4 is 23.2 Å². The molecule has 0 unspecified atom stereocenters. The van der Waals surface area contributed by atoms with Gasteiger partial charge in [0.1, 0.15) is 0 Å². The zero-order valence-corrected chi connectivity index (χ0v) is 12.7. The van der Waals surface area contributed by atoms with Crippen LogP contribution in [0.5, 0.6) is 0 Å². The highest BCUT2D eigenvalue weighted by molar-refractivity contribution is 6.30. The fourth-order valence-corrected chi connectivity index (χ4v) is 2.87. The summed E-state index contributed by atoms with van der Waals surface area (Å²) in [5.41, 5.74) is 1.34. The van der Waals surface area contributed by atoms with Crippen LogP contribution < -0.4 is 10.6 Å². The third kappa shape index (κ3) is 3.32. The topological polar surface area (TPSA) is 50.4 Å². The van der Waals surface area contributed by atoms with Crippen molar-refractivity contribution in [3.05, 3.63) is 28.8 Å². The summed E-state index contributed by atoms with van der Waals surface area (Å²) in [6, 6.07) is 5.48. The van der Waals surface area contributed by atoms with Gasteiger partial charge in [0.25, 0.3) is 0 Å². The summed E-state index contributed by atoms with van der Waals surface area (Å²) in [4.78, 5) is 12.7. The summed E-state index contributed by atoms with van der Waals surface area (Å²) in [5, 5.41) is 6.98. The lowest BCUT2D eigenvalue weighted by Crippen LogP contribution is -2.47. The summed E-state index contributed by atoms with van der Waals surface area (Å²) in [6.07, 6.45) is 1.58. The van der Waals surface area contributed by atoms with Gasteiger partial charge in [-0.25, -0.2) is 0 Å². The molecule has 1 aromatic rings. The maximum Gasteiger partial charge on any atom is 0.233 e. The lowest BCUT2D eigenvalue weighted by molar-refractivity contribution is -0.130. The van der Waals surface area contributed by atoms with Crippen LogP contribution >= 0.6 is 11.6 Å². The Morgan fingerprint density at radius 3 is 2.75 bits per heavy atom. The summed E-state index contributed by atoms with van der Waals surface area (Å²) >= 11 is 5.94. The molecule has 2 rings (SSSR count). The quantitative estimate of drug-likeness (QED) is 0.898. The average Bonchev–Trinajstić information content (AvgIpc) is 2.43. The number of rotatable bonds is 4. The Hall–Kier alpha value is -1.10. The zero-order valence-electron chi connectivity index (χ0n) is 12.0. The number of piperidine rings is 1. The molecule has 1 saturated heterocycles. The molecule has 5 heteroatoms. The fourth-order valence-electron chi connectivity index (χ4n) is 2.64. The van der Waals surface area contributed by atoms with Crippen LogP contribution in [0.2, 0.25) is 5.02 Å². The molecule has 1 aromatic carbocycles. The molecule has 0 saturated carbocycles. The van der Waals surface area contributed by atoms with Crippen LogP contribution in [0.1, 0.15) is 18.4 Å². The number of anilines is 1. The molecular weight excluding hydrogens is 276 g/mol. The maximum atomic E-state index is 12.7. The van der Waals surface area contributed by atoms with E-state index in [4.69, 9.17) is 16.3 Å². The highest BCUT2D eigenvalue weighted by Gasteiger charge is 2.39. The van der Waals surface area contributed by atoms with Gasteiger partial charge >= 0.3 is 0 Å². The molecule has 1 aliphatic rings. The SMILES string of the molecule is COCC1(C(=O)Nc2ccc(Cl)cc2C)CCNCC1. The number of benzene rings is 1. The lowest BCUT2D eigenvalue weighted by atomic mass is 9.78. The molecule has 0 bridgehead atoms. The molecule has 1 amide bonds. The third-order valence-corrected chi connectivity index (χ3v) is 4.13. The summed E-state index contributed by atoms with van der Waals surface area (Å²) < 4.78 is 5.28. The predicted octanol–water partition coefficient (Wildman–Crippen LogP) is 2.60. The van der Waals surface area contributed by atoms with Crippen LogP contribution in [0.3, 0.4) is 0 Å². The standard InChI is InChI=1S/C15H21ClN2O2/c1-11-9-12(16)3-4-13(11)18-14(19)15(10-20-2)5-7-17-8-6-15/h3-4,9,17H,5-8,10H2,1-2H3,(H,18,19). The first-order valence-corrected chi connectivity index (χ1v) is 7.22. The van der Waals surface area contributed by atoms with E-state index in [0.29, 0.717) is 11.6 Å². The van der Waals surface area contributed by atoms with E-state index < -0.39 is 5.41 Å². The summed E-state index contributed by atoms with van der Waals surface area (Å²) in [6.45, 7) is 4.08. The second-order valence-corrected chi connectivity index (χ2v) is 5.81. The minimum Gasteiger partial charge on any atom is -0.384 e. The van der Waals surface area contributed by atoms with Gasteiger partial charge in [-0.05, 0) is 56.6 Å². The third-order valence-electron chi connectivity index (χ3n) is 3.90. The van der Waals surface area contributed by atoms with Gasteiger partial charge in [-0.1, -0.05) is 11.6 Å². The molecule has 0 radical (unpaired) electrons. The summed E-state index contributed by atoms with van der Waals surface area (Å²) in [5.74, 6) is 0.0336. The van der Waals surface area contributed by atoms with Crippen molar-refractivity contribution in [2.24, 2.45) is 5.41 Å². The van der Waals surface area contributed by atoms with E-state index in [2.05, 4.69) is 10.6 Å². The van der Waals surface area contributed by atoms with Gasteiger partial charge in [-0.15, -0.1) is 0 Å². The Bertz CT molecular complexity index is 479. The first-order chi connectivity index (χ1) is 9.57. The van der Waals surface area contributed by atoms with Crippen LogP contribution in [0.25, 0.3) is 0 Å². The number of amides is 1. The van der Waals surface area contributed by atoms with Gasteiger partial charge in [0.2, 0.25) is 5.91 Å². The monoisotopic (exact) mass is 296 g/mol. The van der Waals surface area contributed by atoms with Crippen molar-refractivity contribution in [1.82, 2.24) is 5.32 Å². The van der Waals surface area contributed by atoms with E-state index in [1.807, 2.05) is 19.1 Å². The molecule has 0 aromatic heterocycles. The highest BCUT2D eigenvalue weighted by Crippen LogP contribution is 2.31. The largest absolute Gasteiger partial charge is 0.384 e. The van der Waals surface area contributed by atoms with Gasteiger partial charge in [-0.3, -0.25) is 4.79 Å². The van der Waals surface area contributed by atoms with Crippen molar-refractivity contribution in [2.75, 3.05) is 32.1 Å². The normalized spacial score (nSPS) is 17.8. The molecule has 0 aliphatic carbocycles. The predicted molar refractivity (Wildman–Crippen MR) is 81.2 cm³/mol.